The van der Waals surface area contributed by atoms with Crippen LogP contribution in [0.4, 0.5) is 5.69 Å². The Hall–Kier alpha value is -0.540. The van der Waals surface area contributed by atoms with Crippen LogP contribution in [0.25, 0.3) is 0 Å². The summed E-state index contributed by atoms with van der Waals surface area (Å²) in [5, 5.41) is 3.59. The van der Waals surface area contributed by atoms with Crippen LogP contribution in [-0.4, -0.2) is 25.2 Å². The molecule has 1 aliphatic rings. The molecule has 2 unspecified atom stereocenters. The minimum atomic E-state index is 0.549. The van der Waals surface area contributed by atoms with E-state index in [9.17, 15) is 0 Å². The molecule has 0 bridgehead atoms. The Kier molecular flexibility index (Phi) is 4.33. The van der Waals surface area contributed by atoms with Crippen molar-refractivity contribution >= 4 is 21.6 Å². The third-order valence-corrected chi connectivity index (χ3v) is 4.36. The van der Waals surface area contributed by atoms with Crippen LogP contribution in [0.1, 0.15) is 26.3 Å². The van der Waals surface area contributed by atoms with Gasteiger partial charge in [-0.1, -0.05) is 19.9 Å². The van der Waals surface area contributed by atoms with Gasteiger partial charge >= 0.3 is 0 Å². The highest BCUT2D eigenvalue weighted by Crippen LogP contribution is 2.31. The van der Waals surface area contributed by atoms with Crippen molar-refractivity contribution in [3.8, 4) is 0 Å². The van der Waals surface area contributed by atoms with Crippen LogP contribution in [0.3, 0.4) is 0 Å². The molecule has 1 N–H and O–H groups in total. The average Bonchev–Trinajstić information content (AvgIpc) is 2.28. The van der Waals surface area contributed by atoms with Crippen molar-refractivity contribution in [1.29, 1.82) is 0 Å². The largest absolute Gasteiger partial charge is 0.365 e. The van der Waals surface area contributed by atoms with Crippen molar-refractivity contribution in [3.05, 3.63) is 28.2 Å². The maximum absolute atomic E-state index is 3.72. The van der Waals surface area contributed by atoms with Crippen molar-refractivity contribution in [1.82, 2.24) is 5.32 Å². The zero-order valence-corrected chi connectivity index (χ0v) is 13.3. The zero-order valence-electron chi connectivity index (χ0n) is 11.7. The van der Waals surface area contributed by atoms with Gasteiger partial charge in [-0.05, 0) is 53.4 Å². The van der Waals surface area contributed by atoms with Gasteiger partial charge in [-0.15, -0.1) is 0 Å². The molecule has 2 atom stereocenters. The van der Waals surface area contributed by atoms with E-state index in [4.69, 9.17) is 0 Å². The average molecular weight is 311 g/mol. The lowest BCUT2D eigenvalue weighted by atomic mass is 9.98. The van der Waals surface area contributed by atoms with E-state index < -0.39 is 0 Å². The van der Waals surface area contributed by atoms with Gasteiger partial charge < -0.3 is 10.2 Å². The van der Waals surface area contributed by atoms with Gasteiger partial charge in [0.15, 0.2) is 0 Å². The molecule has 0 aliphatic carbocycles. The summed E-state index contributed by atoms with van der Waals surface area (Å²) in [5.41, 5.74) is 2.63. The van der Waals surface area contributed by atoms with Crippen LogP contribution in [0, 0.1) is 12.8 Å². The highest BCUT2D eigenvalue weighted by Gasteiger charge is 2.29. The van der Waals surface area contributed by atoms with Gasteiger partial charge in [0.1, 0.15) is 0 Å². The molecule has 1 heterocycles. The molecule has 2 nitrogen and oxygen atoms in total. The lowest BCUT2D eigenvalue weighted by Gasteiger charge is -2.43. The molecule has 1 fully saturated rings. The number of piperazine rings is 1. The van der Waals surface area contributed by atoms with Gasteiger partial charge in [-0.25, -0.2) is 0 Å². The Bertz CT molecular complexity index is 417. The number of halogens is 1. The normalized spacial score (nSPS) is 24.7. The maximum Gasteiger partial charge on any atom is 0.0514 e. The minimum Gasteiger partial charge on any atom is -0.365 e. The van der Waals surface area contributed by atoms with E-state index in [0.717, 1.165) is 13.1 Å². The molecule has 0 aromatic heterocycles. The fraction of sp³-hybridized carbons (Fsp3) is 0.600. The Balaban J connectivity index is 2.32. The minimum absolute atomic E-state index is 0.549. The molecule has 2 rings (SSSR count). The third-order valence-electron chi connectivity index (χ3n) is 3.73. The van der Waals surface area contributed by atoms with E-state index >= 15 is 0 Å². The summed E-state index contributed by atoms with van der Waals surface area (Å²) in [7, 11) is 0. The number of hydrogen-bond donors (Lipinski definition) is 1. The molecular weight excluding hydrogens is 288 g/mol. The standard InChI is InChI=1S/C15H23BrN2/c1-10(2)15-8-17-12(4)9-18(15)14-6-5-11(3)7-13(14)16/h5-7,10,12,15,17H,8-9H2,1-4H3. The predicted molar refractivity (Wildman–Crippen MR) is 82.3 cm³/mol. The van der Waals surface area contributed by atoms with E-state index in [2.05, 4.69) is 72.0 Å². The number of hydrogen-bond acceptors (Lipinski definition) is 2. The molecule has 0 radical (unpaired) electrons. The second-order valence-corrected chi connectivity index (χ2v) is 6.58. The van der Waals surface area contributed by atoms with Gasteiger partial charge in [0.2, 0.25) is 0 Å². The van der Waals surface area contributed by atoms with Crippen molar-refractivity contribution in [2.75, 3.05) is 18.0 Å². The smallest absolute Gasteiger partial charge is 0.0514 e. The summed E-state index contributed by atoms with van der Waals surface area (Å²) in [5.74, 6) is 0.651. The van der Waals surface area contributed by atoms with Crippen LogP contribution in [0.5, 0.6) is 0 Å². The molecule has 0 spiro atoms. The SMILES string of the molecule is Cc1ccc(N2CC(C)NCC2C(C)C)c(Br)c1. The zero-order chi connectivity index (χ0) is 13.3. The number of nitrogens with zero attached hydrogens (tertiary/aromatic N) is 1. The summed E-state index contributed by atoms with van der Waals surface area (Å²) < 4.78 is 1.21. The van der Waals surface area contributed by atoms with Gasteiger partial charge in [-0.2, -0.15) is 0 Å². The molecule has 1 saturated heterocycles. The van der Waals surface area contributed by atoms with Crippen LogP contribution >= 0.6 is 15.9 Å². The summed E-state index contributed by atoms with van der Waals surface area (Å²) in [6.07, 6.45) is 0. The first-order chi connectivity index (χ1) is 8.49. The molecule has 3 heteroatoms. The van der Waals surface area contributed by atoms with E-state index in [1.165, 1.54) is 15.7 Å². The molecule has 0 saturated carbocycles. The monoisotopic (exact) mass is 310 g/mol. The van der Waals surface area contributed by atoms with Gasteiger partial charge in [0, 0.05) is 29.6 Å². The molecule has 0 amide bonds. The van der Waals surface area contributed by atoms with Crippen molar-refractivity contribution in [2.24, 2.45) is 5.92 Å². The van der Waals surface area contributed by atoms with Crippen molar-refractivity contribution < 1.29 is 0 Å². The van der Waals surface area contributed by atoms with Crippen molar-refractivity contribution in [3.63, 3.8) is 0 Å². The number of anilines is 1. The molecule has 1 aromatic carbocycles. The number of nitrogens with one attached hydrogen (secondary N) is 1. The lowest BCUT2D eigenvalue weighted by Crippen LogP contribution is -2.57. The molecule has 1 aliphatic heterocycles. The third kappa shape index (κ3) is 2.89. The van der Waals surface area contributed by atoms with E-state index in [-0.39, 0.29) is 0 Å². The van der Waals surface area contributed by atoms with Crippen LogP contribution in [0.2, 0.25) is 0 Å². The lowest BCUT2D eigenvalue weighted by molar-refractivity contribution is 0.349. The fourth-order valence-electron chi connectivity index (χ4n) is 2.64. The Morgan fingerprint density at radius 1 is 1.39 bits per heavy atom. The first-order valence-corrected chi connectivity index (χ1v) is 7.54. The van der Waals surface area contributed by atoms with E-state index in [1.54, 1.807) is 0 Å². The topological polar surface area (TPSA) is 15.3 Å². The Morgan fingerprint density at radius 2 is 2.11 bits per heavy atom. The molecular formula is C15H23BrN2. The van der Waals surface area contributed by atoms with E-state index in [0.29, 0.717) is 18.0 Å². The number of aryl methyl sites for hydroxylation is 1. The maximum atomic E-state index is 3.72. The Labute approximate surface area is 119 Å². The first kappa shape index (κ1) is 13.9. The van der Waals surface area contributed by atoms with Gasteiger partial charge in [0.25, 0.3) is 0 Å². The van der Waals surface area contributed by atoms with Crippen LogP contribution in [0.15, 0.2) is 22.7 Å². The van der Waals surface area contributed by atoms with Gasteiger partial charge in [-0.3, -0.25) is 0 Å². The summed E-state index contributed by atoms with van der Waals surface area (Å²) >= 11 is 3.72. The van der Waals surface area contributed by atoms with E-state index in [1.807, 2.05) is 0 Å². The van der Waals surface area contributed by atoms with Gasteiger partial charge in [0.05, 0.1) is 5.69 Å². The second-order valence-electron chi connectivity index (χ2n) is 5.73. The quantitative estimate of drug-likeness (QED) is 0.898. The summed E-state index contributed by atoms with van der Waals surface area (Å²) in [4.78, 5) is 2.55. The second kappa shape index (κ2) is 5.62. The summed E-state index contributed by atoms with van der Waals surface area (Å²) in [6, 6.07) is 7.77. The Morgan fingerprint density at radius 3 is 2.72 bits per heavy atom. The molecule has 18 heavy (non-hydrogen) atoms. The number of benzene rings is 1. The fourth-order valence-corrected chi connectivity index (χ4v) is 3.37. The summed E-state index contributed by atoms with van der Waals surface area (Å²) in [6.45, 7) is 11.1. The highest BCUT2D eigenvalue weighted by molar-refractivity contribution is 9.10. The highest BCUT2D eigenvalue weighted by atomic mass is 79.9. The molecule has 100 valence electrons. The number of rotatable bonds is 2. The molecule has 1 aromatic rings. The predicted octanol–water partition coefficient (Wildman–Crippen LogP) is 3.58. The first-order valence-electron chi connectivity index (χ1n) is 6.75. The van der Waals surface area contributed by atoms with Crippen LogP contribution < -0.4 is 10.2 Å². The van der Waals surface area contributed by atoms with Crippen molar-refractivity contribution in [2.45, 2.75) is 39.8 Å². The van der Waals surface area contributed by atoms with Crippen LogP contribution in [-0.2, 0) is 0 Å².